The Morgan fingerprint density at radius 2 is 1.94 bits per heavy atom. The average molecular weight is 270 g/mol. The Kier molecular flexibility index (Phi) is 4.66. The Bertz CT molecular complexity index is 274. The topological polar surface area (TPSA) is 15.3 Å². The Labute approximate surface area is 117 Å². The number of piperazine rings is 1. The third kappa shape index (κ3) is 3.23. The highest BCUT2D eigenvalue weighted by atomic mass is 32.2. The third-order valence-corrected chi connectivity index (χ3v) is 5.92. The number of hydrogen-bond acceptors (Lipinski definition) is 3. The highest BCUT2D eigenvalue weighted by Crippen LogP contribution is 2.34. The largest absolute Gasteiger partial charge is 0.311 e. The summed E-state index contributed by atoms with van der Waals surface area (Å²) in [5.41, 5.74) is 0.371. The maximum absolute atomic E-state index is 3.74. The lowest BCUT2D eigenvalue weighted by Crippen LogP contribution is -2.61. The van der Waals surface area contributed by atoms with Crippen molar-refractivity contribution in [2.75, 3.05) is 19.3 Å². The molecule has 1 aliphatic heterocycles. The molecule has 2 rings (SSSR count). The normalized spacial score (nSPS) is 39.2. The SMILES string of the molecule is CSC1CCC(N2CC(C(C)(C)C)NCC2C)C1. The molecule has 1 N–H and O–H groups in total. The molecule has 2 nitrogen and oxygen atoms in total. The lowest BCUT2D eigenvalue weighted by Gasteiger charge is -2.46. The summed E-state index contributed by atoms with van der Waals surface area (Å²) in [7, 11) is 0. The van der Waals surface area contributed by atoms with Gasteiger partial charge in [0, 0.05) is 36.5 Å². The summed E-state index contributed by atoms with van der Waals surface area (Å²) in [6.45, 7) is 11.9. The zero-order chi connectivity index (χ0) is 13.3. The summed E-state index contributed by atoms with van der Waals surface area (Å²) < 4.78 is 0. The van der Waals surface area contributed by atoms with Crippen LogP contribution in [0.15, 0.2) is 0 Å². The summed E-state index contributed by atoms with van der Waals surface area (Å²) in [5.74, 6) is 0. The first-order chi connectivity index (χ1) is 8.41. The van der Waals surface area contributed by atoms with Crippen LogP contribution >= 0.6 is 11.8 Å². The van der Waals surface area contributed by atoms with E-state index in [0.29, 0.717) is 17.5 Å². The van der Waals surface area contributed by atoms with Crippen LogP contribution in [0.1, 0.15) is 47.0 Å². The van der Waals surface area contributed by atoms with Gasteiger partial charge < -0.3 is 5.32 Å². The van der Waals surface area contributed by atoms with Gasteiger partial charge in [-0.2, -0.15) is 11.8 Å². The van der Waals surface area contributed by atoms with Crippen LogP contribution in [0.5, 0.6) is 0 Å². The molecule has 18 heavy (non-hydrogen) atoms. The van der Waals surface area contributed by atoms with E-state index in [-0.39, 0.29) is 0 Å². The van der Waals surface area contributed by atoms with Gasteiger partial charge in [-0.15, -0.1) is 0 Å². The van der Waals surface area contributed by atoms with Gasteiger partial charge in [-0.05, 0) is 37.9 Å². The van der Waals surface area contributed by atoms with Gasteiger partial charge in [-0.3, -0.25) is 4.90 Å². The standard InChI is InChI=1S/C15H30N2S/c1-11-9-16-14(15(2,3)4)10-17(11)12-6-7-13(8-12)18-5/h11-14,16H,6-10H2,1-5H3. The second kappa shape index (κ2) is 5.72. The molecule has 1 saturated carbocycles. The maximum atomic E-state index is 3.74. The quantitative estimate of drug-likeness (QED) is 0.830. The van der Waals surface area contributed by atoms with E-state index in [0.717, 1.165) is 17.8 Å². The molecule has 106 valence electrons. The molecule has 0 aromatic carbocycles. The van der Waals surface area contributed by atoms with Crippen LogP contribution in [0.3, 0.4) is 0 Å². The average Bonchev–Trinajstić information content (AvgIpc) is 2.76. The first kappa shape index (κ1) is 14.7. The lowest BCUT2D eigenvalue weighted by molar-refractivity contribution is 0.0593. The van der Waals surface area contributed by atoms with Gasteiger partial charge in [0.05, 0.1) is 0 Å². The predicted octanol–water partition coefficient (Wildman–Crippen LogP) is 2.98. The highest BCUT2D eigenvalue weighted by Gasteiger charge is 2.38. The van der Waals surface area contributed by atoms with Crippen LogP contribution in [0, 0.1) is 5.41 Å². The van der Waals surface area contributed by atoms with Crippen molar-refractivity contribution in [3.05, 3.63) is 0 Å². The van der Waals surface area contributed by atoms with Gasteiger partial charge >= 0.3 is 0 Å². The van der Waals surface area contributed by atoms with Gasteiger partial charge in [0.2, 0.25) is 0 Å². The van der Waals surface area contributed by atoms with Gasteiger partial charge in [-0.1, -0.05) is 20.8 Å². The van der Waals surface area contributed by atoms with E-state index in [2.05, 4.69) is 55.9 Å². The number of nitrogens with zero attached hydrogens (tertiary/aromatic N) is 1. The van der Waals surface area contributed by atoms with Crippen LogP contribution in [-0.4, -0.2) is 47.6 Å². The molecule has 0 amide bonds. The van der Waals surface area contributed by atoms with E-state index in [1.807, 2.05) is 0 Å². The summed E-state index contributed by atoms with van der Waals surface area (Å²) in [4.78, 5) is 2.79. The molecule has 0 aromatic rings. The molecular formula is C15H30N2S. The second-order valence-electron chi connectivity index (χ2n) is 7.20. The van der Waals surface area contributed by atoms with Crippen molar-refractivity contribution in [3.8, 4) is 0 Å². The van der Waals surface area contributed by atoms with Crippen molar-refractivity contribution in [3.63, 3.8) is 0 Å². The predicted molar refractivity (Wildman–Crippen MR) is 82.4 cm³/mol. The summed E-state index contributed by atoms with van der Waals surface area (Å²) in [6.07, 6.45) is 6.50. The zero-order valence-corrected chi connectivity index (χ0v) is 13.5. The molecule has 1 heterocycles. The molecule has 0 bridgehead atoms. The Morgan fingerprint density at radius 1 is 1.22 bits per heavy atom. The smallest absolute Gasteiger partial charge is 0.0244 e. The van der Waals surface area contributed by atoms with Crippen LogP contribution in [0.4, 0.5) is 0 Å². The van der Waals surface area contributed by atoms with Crippen LogP contribution < -0.4 is 5.32 Å². The van der Waals surface area contributed by atoms with Crippen molar-refractivity contribution in [2.24, 2.45) is 5.41 Å². The maximum Gasteiger partial charge on any atom is 0.0244 e. The van der Waals surface area contributed by atoms with Crippen molar-refractivity contribution in [1.29, 1.82) is 0 Å². The monoisotopic (exact) mass is 270 g/mol. The summed E-state index contributed by atoms with van der Waals surface area (Å²) in [5, 5.41) is 4.65. The van der Waals surface area contributed by atoms with E-state index in [4.69, 9.17) is 0 Å². The number of rotatable bonds is 2. The minimum Gasteiger partial charge on any atom is -0.311 e. The first-order valence-corrected chi connectivity index (χ1v) is 8.72. The molecule has 1 saturated heterocycles. The minimum absolute atomic E-state index is 0.371. The van der Waals surface area contributed by atoms with Crippen LogP contribution in [0.2, 0.25) is 0 Å². The molecule has 0 aromatic heterocycles. The van der Waals surface area contributed by atoms with Crippen molar-refractivity contribution >= 4 is 11.8 Å². The van der Waals surface area contributed by atoms with E-state index in [9.17, 15) is 0 Å². The van der Waals surface area contributed by atoms with Crippen molar-refractivity contribution < 1.29 is 0 Å². The van der Waals surface area contributed by atoms with Crippen LogP contribution in [0.25, 0.3) is 0 Å². The number of thioether (sulfide) groups is 1. The van der Waals surface area contributed by atoms with E-state index < -0.39 is 0 Å². The molecular weight excluding hydrogens is 240 g/mol. The van der Waals surface area contributed by atoms with E-state index in [1.165, 1.54) is 25.8 Å². The summed E-state index contributed by atoms with van der Waals surface area (Å²) in [6, 6.07) is 2.18. The lowest BCUT2D eigenvalue weighted by atomic mass is 9.84. The molecule has 2 aliphatic rings. The minimum atomic E-state index is 0.371. The highest BCUT2D eigenvalue weighted by molar-refractivity contribution is 7.99. The van der Waals surface area contributed by atoms with Gasteiger partial charge in [0.1, 0.15) is 0 Å². The molecule has 0 radical (unpaired) electrons. The molecule has 4 unspecified atom stereocenters. The van der Waals surface area contributed by atoms with Crippen molar-refractivity contribution in [2.45, 2.75) is 70.3 Å². The van der Waals surface area contributed by atoms with E-state index in [1.54, 1.807) is 0 Å². The fourth-order valence-corrected chi connectivity index (χ4v) is 4.19. The van der Waals surface area contributed by atoms with Gasteiger partial charge in [0.25, 0.3) is 0 Å². The first-order valence-electron chi connectivity index (χ1n) is 7.43. The second-order valence-corrected chi connectivity index (χ2v) is 8.34. The van der Waals surface area contributed by atoms with Gasteiger partial charge in [-0.25, -0.2) is 0 Å². The van der Waals surface area contributed by atoms with Crippen LogP contribution in [-0.2, 0) is 0 Å². The Morgan fingerprint density at radius 3 is 2.50 bits per heavy atom. The fourth-order valence-electron chi connectivity index (χ4n) is 3.41. The molecule has 3 heteroatoms. The molecule has 4 atom stereocenters. The fraction of sp³-hybridized carbons (Fsp3) is 1.00. The number of hydrogen-bond donors (Lipinski definition) is 1. The number of nitrogens with one attached hydrogen (secondary N) is 1. The molecule has 2 fully saturated rings. The molecule has 0 spiro atoms. The zero-order valence-electron chi connectivity index (χ0n) is 12.7. The molecule has 1 aliphatic carbocycles. The van der Waals surface area contributed by atoms with Crippen molar-refractivity contribution in [1.82, 2.24) is 10.2 Å². The summed E-state index contributed by atoms with van der Waals surface area (Å²) >= 11 is 2.07. The van der Waals surface area contributed by atoms with Gasteiger partial charge in [0.15, 0.2) is 0 Å². The van der Waals surface area contributed by atoms with E-state index >= 15 is 0 Å². The Balaban J connectivity index is 1.98. The third-order valence-electron chi connectivity index (χ3n) is 4.82. The Hall–Kier alpha value is 0.270.